The zero-order valence-electron chi connectivity index (χ0n) is 17.9. The van der Waals surface area contributed by atoms with Gasteiger partial charge in [0.15, 0.2) is 5.69 Å². The van der Waals surface area contributed by atoms with Crippen LogP contribution in [0.5, 0.6) is 0 Å². The number of aromatic nitrogens is 4. The zero-order valence-corrected chi connectivity index (χ0v) is 17.9. The largest absolute Gasteiger partial charge is 0.461 e. The van der Waals surface area contributed by atoms with E-state index in [2.05, 4.69) is 20.2 Å². The van der Waals surface area contributed by atoms with Gasteiger partial charge in [-0.05, 0) is 50.3 Å². The molecule has 164 valence electrons. The summed E-state index contributed by atoms with van der Waals surface area (Å²) in [4.78, 5) is 36.2. The first-order valence-corrected chi connectivity index (χ1v) is 11.0. The number of nitrogens with zero attached hydrogens (tertiary/aromatic N) is 4. The normalized spacial score (nSPS) is 22.0. The molecule has 2 aliphatic heterocycles. The number of benzene rings is 1. The zero-order chi connectivity index (χ0) is 22.1. The van der Waals surface area contributed by atoms with Crippen molar-refractivity contribution in [3.8, 4) is 11.4 Å². The quantitative estimate of drug-likeness (QED) is 0.622. The fraction of sp³-hybridized carbons (Fsp3) is 0.375. The van der Waals surface area contributed by atoms with Gasteiger partial charge in [-0.1, -0.05) is 30.3 Å². The molecule has 32 heavy (non-hydrogen) atoms. The Balaban J connectivity index is 1.24. The Morgan fingerprint density at radius 3 is 2.56 bits per heavy atom. The first-order valence-electron chi connectivity index (χ1n) is 11.0. The Hall–Kier alpha value is -3.55. The maximum Gasteiger partial charge on any atom is 0.309 e. The van der Waals surface area contributed by atoms with Gasteiger partial charge in [-0.15, -0.1) is 0 Å². The van der Waals surface area contributed by atoms with Crippen molar-refractivity contribution in [3.05, 3.63) is 65.7 Å². The number of piperidine rings is 1. The molecule has 8 heteroatoms. The summed E-state index contributed by atoms with van der Waals surface area (Å²) in [7, 11) is 0. The van der Waals surface area contributed by atoms with Gasteiger partial charge in [0.05, 0.1) is 17.3 Å². The number of carbonyl (C=O) groups is 2. The van der Waals surface area contributed by atoms with Crippen molar-refractivity contribution in [1.82, 2.24) is 25.1 Å². The molecule has 0 spiro atoms. The Kier molecular flexibility index (Phi) is 5.43. The molecule has 3 atom stereocenters. The minimum absolute atomic E-state index is 0.0389. The average Bonchev–Trinajstić information content (AvgIpc) is 3.40. The van der Waals surface area contributed by atoms with Crippen LogP contribution in [0.1, 0.15) is 47.4 Å². The molecule has 1 amide bonds. The monoisotopic (exact) mass is 431 g/mol. The summed E-state index contributed by atoms with van der Waals surface area (Å²) in [5.41, 5.74) is 3.58. The fourth-order valence-electron chi connectivity index (χ4n) is 4.84. The van der Waals surface area contributed by atoms with Gasteiger partial charge in [-0.2, -0.15) is 5.10 Å². The first kappa shape index (κ1) is 20.4. The molecule has 1 unspecified atom stereocenters. The van der Waals surface area contributed by atoms with E-state index in [9.17, 15) is 9.59 Å². The maximum atomic E-state index is 13.3. The highest BCUT2D eigenvalue weighted by Crippen LogP contribution is 2.40. The third kappa shape index (κ3) is 4.00. The molecule has 4 heterocycles. The molecule has 5 rings (SSSR count). The smallest absolute Gasteiger partial charge is 0.309 e. The van der Waals surface area contributed by atoms with Gasteiger partial charge in [0.25, 0.3) is 5.91 Å². The topological polar surface area (TPSA) is 101 Å². The second-order valence-electron chi connectivity index (χ2n) is 8.57. The summed E-state index contributed by atoms with van der Waals surface area (Å²) in [6, 6.07) is 13.3. The van der Waals surface area contributed by atoms with Crippen molar-refractivity contribution in [2.75, 3.05) is 0 Å². The third-order valence-corrected chi connectivity index (χ3v) is 6.40. The number of nitrogens with one attached hydrogen (secondary N) is 1. The van der Waals surface area contributed by atoms with E-state index in [4.69, 9.17) is 4.74 Å². The average molecular weight is 431 g/mol. The maximum absolute atomic E-state index is 13.3. The van der Waals surface area contributed by atoms with E-state index in [1.165, 1.54) is 6.33 Å². The lowest BCUT2D eigenvalue weighted by Crippen LogP contribution is -2.48. The van der Waals surface area contributed by atoms with Crippen LogP contribution in [0.15, 0.2) is 48.8 Å². The van der Waals surface area contributed by atoms with Crippen LogP contribution in [-0.2, 0) is 16.1 Å². The number of aromatic amines is 1. The highest BCUT2D eigenvalue weighted by Gasteiger charge is 2.46. The van der Waals surface area contributed by atoms with E-state index >= 15 is 0 Å². The van der Waals surface area contributed by atoms with Crippen LogP contribution < -0.4 is 0 Å². The standard InChI is InChI=1S/C24H25N5O3/c1-15-9-20(26-14-25-15)21-12-22(28-27-21)23(30)29-18-7-8-19(29)11-17(10-18)24(31)32-13-16-5-3-2-4-6-16/h2-6,9,12,14,17-19H,7-8,10-11,13H2,1H3,(H,27,28)/t17?,18-,19+. The molecule has 2 bridgehead atoms. The summed E-state index contributed by atoms with van der Waals surface area (Å²) in [5, 5.41) is 7.16. The summed E-state index contributed by atoms with van der Waals surface area (Å²) in [6.07, 6.45) is 4.58. The number of aryl methyl sites for hydroxylation is 1. The Bertz CT molecular complexity index is 1120. The van der Waals surface area contributed by atoms with E-state index in [1.807, 2.05) is 48.2 Å². The van der Waals surface area contributed by atoms with Crippen LogP contribution in [-0.4, -0.2) is 49.0 Å². The number of esters is 1. The van der Waals surface area contributed by atoms with Gasteiger partial charge in [-0.25, -0.2) is 9.97 Å². The van der Waals surface area contributed by atoms with Crippen molar-refractivity contribution in [1.29, 1.82) is 0 Å². The molecular formula is C24H25N5O3. The van der Waals surface area contributed by atoms with Crippen molar-refractivity contribution in [2.24, 2.45) is 5.92 Å². The molecule has 0 aliphatic carbocycles. The van der Waals surface area contributed by atoms with Gasteiger partial charge in [0.1, 0.15) is 12.9 Å². The number of H-pyrrole nitrogens is 1. The number of fused-ring (bicyclic) bond motifs is 2. The van der Waals surface area contributed by atoms with Crippen molar-refractivity contribution >= 4 is 11.9 Å². The van der Waals surface area contributed by atoms with Crippen molar-refractivity contribution in [2.45, 2.75) is 51.3 Å². The van der Waals surface area contributed by atoms with Crippen molar-refractivity contribution < 1.29 is 14.3 Å². The lowest BCUT2D eigenvalue weighted by Gasteiger charge is -2.37. The minimum Gasteiger partial charge on any atom is -0.461 e. The molecule has 0 saturated carbocycles. The summed E-state index contributed by atoms with van der Waals surface area (Å²) in [6.45, 7) is 2.17. The number of amides is 1. The Morgan fingerprint density at radius 2 is 1.84 bits per heavy atom. The van der Waals surface area contributed by atoms with Crippen LogP contribution in [0, 0.1) is 12.8 Å². The third-order valence-electron chi connectivity index (χ3n) is 6.40. The highest BCUT2D eigenvalue weighted by molar-refractivity contribution is 5.94. The first-order chi connectivity index (χ1) is 15.6. The van der Waals surface area contributed by atoms with Gasteiger partial charge in [0.2, 0.25) is 0 Å². The van der Waals surface area contributed by atoms with Crippen LogP contribution in [0.25, 0.3) is 11.4 Å². The van der Waals surface area contributed by atoms with Gasteiger partial charge >= 0.3 is 5.97 Å². The van der Waals surface area contributed by atoms with Crippen LogP contribution in [0.3, 0.4) is 0 Å². The molecule has 2 aromatic heterocycles. The number of ether oxygens (including phenoxy) is 1. The molecule has 2 aliphatic rings. The van der Waals surface area contributed by atoms with Gasteiger partial charge in [-0.3, -0.25) is 14.7 Å². The summed E-state index contributed by atoms with van der Waals surface area (Å²) < 4.78 is 5.56. The lowest BCUT2D eigenvalue weighted by molar-refractivity contribution is -0.152. The van der Waals surface area contributed by atoms with E-state index in [1.54, 1.807) is 6.07 Å². The predicted octanol–water partition coefficient (Wildman–Crippen LogP) is 3.30. The SMILES string of the molecule is Cc1cc(-c2cc(C(=O)N3[C@@H]4CC[C@H]3CC(C(=O)OCc3ccccc3)C4)n[nH]2)ncn1. The summed E-state index contributed by atoms with van der Waals surface area (Å²) >= 11 is 0. The van der Waals surface area contributed by atoms with Crippen LogP contribution in [0.4, 0.5) is 0 Å². The molecule has 0 radical (unpaired) electrons. The lowest BCUT2D eigenvalue weighted by atomic mass is 9.90. The number of rotatable bonds is 5. The second-order valence-corrected chi connectivity index (χ2v) is 8.57. The molecular weight excluding hydrogens is 406 g/mol. The molecule has 1 N–H and O–H groups in total. The summed E-state index contributed by atoms with van der Waals surface area (Å²) in [5.74, 6) is -0.431. The Labute approximate surface area is 186 Å². The highest BCUT2D eigenvalue weighted by atomic mass is 16.5. The van der Waals surface area contributed by atoms with Crippen LogP contribution >= 0.6 is 0 Å². The Morgan fingerprint density at radius 1 is 1.09 bits per heavy atom. The predicted molar refractivity (Wildman–Crippen MR) is 116 cm³/mol. The molecule has 2 saturated heterocycles. The van der Waals surface area contributed by atoms with Crippen LogP contribution in [0.2, 0.25) is 0 Å². The molecule has 8 nitrogen and oxygen atoms in total. The minimum atomic E-state index is -0.168. The van der Waals surface area contributed by atoms with E-state index in [-0.39, 0.29) is 36.5 Å². The number of carbonyl (C=O) groups excluding carboxylic acids is 2. The van der Waals surface area contributed by atoms with E-state index < -0.39 is 0 Å². The van der Waals surface area contributed by atoms with E-state index in [0.29, 0.717) is 29.9 Å². The second kappa shape index (κ2) is 8.53. The molecule has 3 aromatic rings. The van der Waals surface area contributed by atoms with E-state index in [0.717, 1.165) is 24.1 Å². The van der Waals surface area contributed by atoms with Gasteiger partial charge in [0, 0.05) is 17.8 Å². The van der Waals surface area contributed by atoms with Gasteiger partial charge < -0.3 is 9.64 Å². The molecule has 2 fully saturated rings. The number of hydrogen-bond acceptors (Lipinski definition) is 6. The molecule has 1 aromatic carbocycles. The van der Waals surface area contributed by atoms with Crippen molar-refractivity contribution in [3.63, 3.8) is 0 Å². The number of hydrogen-bond donors (Lipinski definition) is 1. The fourth-order valence-corrected chi connectivity index (χ4v) is 4.84.